The van der Waals surface area contributed by atoms with Crippen LogP contribution in [0.1, 0.15) is 56.2 Å². The number of fused-ring (bicyclic) bond motifs is 1. The number of halogens is 2. The predicted molar refractivity (Wildman–Crippen MR) is 151 cm³/mol. The van der Waals surface area contributed by atoms with Gasteiger partial charge in [0, 0.05) is 22.5 Å². The molecule has 0 spiro atoms. The summed E-state index contributed by atoms with van der Waals surface area (Å²) in [6.45, 7) is 3.73. The highest BCUT2D eigenvalue weighted by Gasteiger charge is 2.44. The van der Waals surface area contributed by atoms with E-state index in [1.165, 1.54) is 0 Å². The van der Waals surface area contributed by atoms with Gasteiger partial charge in [0.15, 0.2) is 0 Å². The molecule has 0 bridgehead atoms. The Kier molecular flexibility index (Phi) is 8.51. The molecule has 1 saturated carbocycles. The van der Waals surface area contributed by atoms with E-state index in [0.717, 1.165) is 61.1 Å². The van der Waals surface area contributed by atoms with Crippen molar-refractivity contribution < 1.29 is 14.3 Å². The normalized spacial score (nSPS) is 24.7. The number of rotatable bonds is 6. The third kappa shape index (κ3) is 5.98. The number of carbonyl (C=O) groups is 2. The molecule has 6 nitrogen and oxygen atoms in total. The molecule has 1 aliphatic carbocycles. The quantitative estimate of drug-likeness (QED) is 0.388. The number of likely N-dealkylation sites (tertiary alicyclic amines) is 1. The Morgan fingerprint density at radius 1 is 1.03 bits per heavy atom. The first-order valence-corrected chi connectivity index (χ1v) is 14.2. The number of benzene rings is 2. The summed E-state index contributed by atoms with van der Waals surface area (Å²) < 4.78 is 5.24. The summed E-state index contributed by atoms with van der Waals surface area (Å²) in [6.07, 6.45) is 6.74. The molecule has 2 aromatic rings. The Labute approximate surface area is 234 Å². The number of piperidine rings is 1. The Morgan fingerprint density at radius 3 is 2.45 bits per heavy atom. The molecule has 1 saturated heterocycles. The molecule has 0 unspecified atom stereocenters. The van der Waals surface area contributed by atoms with Gasteiger partial charge in [-0.2, -0.15) is 5.10 Å². The Balaban J connectivity index is 1.42. The summed E-state index contributed by atoms with van der Waals surface area (Å²) in [6, 6.07) is 15.3. The standard InChI is InChI=1S/C30H33Cl2N3O3/c1-2-38-30(37)23-6-4-16-34(18-23)19-27(36)35-29(21-10-14-25(32)15-11-21)26-7-3-5-22(28(26)33-35)17-20-8-12-24(31)13-9-20/h8-15,17,23,26,29H,2-7,16,18-19H2,1H3/b22-17+/t23-,26-,29-/m1/s1. The molecular weight excluding hydrogens is 521 g/mol. The van der Waals surface area contributed by atoms with E-state index >= 15 is 0 Å². The number of amides is 1. The van der Waals surface area contributed by atoms with Crippen LogP contribution in [0, 0.1) is 11.8 Å². The minimum atomic E-state index is -0.190. The molecule has 0 N–H and O–H groups in total. The molecule has 2 fully saturated rings. The van der Waals surface area contributed by atoms with Gasteiger partial charge < -0.3 is 4.74 Å². The number of hydrogen-bond donors (Lipinski definition) is 0. The van der Waals surface area contributed by atoms with Crippen LogP contribution >= 0.6 is 23.2 Å². The van der Waals surface area contributed by atoms with Gasteiger partial charge in [-0.05, 0) is 92.6 Å². The van der Waals surface area contributed by atoms with E-state index in [1.54, 1.807) is 5.01 Å². The highest BCUT2D eigenvalue weighted by atomic mass is 35.5. The lowest BCUT2D eigenvalue weighted by molar-refractivity contribution is -0.151. The van der Waals surface area contributed by atoms with Crippen molar-refractivity contribution in [2.45, 2.75) is 45.1 Å². The molecule has 0 radical (unpaired) electrons. The molecule has 3 atom stereocenters. The van der Waals surface area contributed by atoms with Crippen LogP contribution in [-0.2, 0) is 14.3 Å². The number of carbonyl (C=O) groups excluding carboxylic acids is 2. The second-order valence-corrected chi connectivity index (χ2v) is 11.1. The van der Waals surface area contributed by atoms with Crippen molar-refractivity contribution in [2.75, 3.05) is 26.2 Å². The fraction of sp³-hybridized carbons (Fsp3) is 0.433. The van der Waals surface area contributed by atoms with Crippen LogP contribution in [0.25, 0.3) is 6.08 Å². The lowest BCUT2D eigenvalue weighted by Crippen LogP contribution is -2.45. The first-order valence-electron chi connectivity index (χ1n) is 13.4. The third-order valence-electron chi connectivity index (χ3n) is 7.66. The van der Waals surface area contributed by atoms with Crippen molar-refractivity contribution in [3.8, 4) is 0 Å². The minimum Gasteiger partial charge on any atom is -0.466 e. The molecule has 2 heterocycles. The van der Waals surface area contributed by atoms with Crippen LogP contribution in [0.2, 0.25) is 10.0 Å². The number of hydrogen-bond acceptors (Lipinski definition) is 5. The van der Waals surface area contributed by atoms with Gasteiger partial charge in [-0.3, -0.25) is 14.5 Å². The summed E-state index contributed by atoms with van der Waals surface area (Å²) in [4.78, 5) is 28.2. The number of ether oxygens (including phenoxy) is 1. The van der Waals surface area contributed by atoms with Gasteiger partial charge >= 0.3 is 5.97 Å². The van der Waals surface area contributed by atoms with E-state index in [0.29, 0.717) is 23.2 Å². The van der Waals surface area contributed by atoms with Crippen LogP contribution in [0.15, 0.2) is 59.2 Å². The fourth-order valence-corrected chi connectivity index (χ4v) is 6.13. The maximum absolute atomic E-state index is 13.8. The number of hydrazone groups is 1. The second-order valence-electron chi connectivity index (χ2n) is 10.3. The van der Waals surface area contributed by atoms with Crippen molar-refractivity contribution in [3.05, 3.63) is 75.3 Å². The highest BCUT2D eigenvalue weighted by molar-refractivity contribution is 6.30. The molecule has 5 rings (SSSR count). The SMILES string of the molecule is CCOC(=O)[C@@H]1CCCN(CC(=O)N2N=C3/C(=C/c4ccc(Cl)cc4)CCC[C@H]3[C@H]2c2ccc(Cl)cc2)C1. The average molecular weight is 555 g/mol. The van der Waals surface area contributed by atoms with Crippen molar-refractivity contribution in [3.63, 3.8) is 0 Å². The maximum atomic E-state index is 13.8. The van der Waals surface area contributed by atoms with Gasteiger partial charge in [0.25, 0.3) is 5.91 Å². The van der Waals surface area contributed by atoms with Crippen LogP contribution in [0.3, 0.4) is 0 Å². The lowest BCUT2D eigenvalue weighted by atomic mass is 9.77. The number of nitrogens with zero attached hydrogens (tertiary/aromatic N) is 3. The Bertz CT molecular complexity index is 1230. The third-order valence-corrected chi connectivity index (χ3v) is 8.17. The summed E-state index contributed by atoms with van der Waals surface area (Å²) in [7, 11) is 0. The molecule has 200 valence electrons. The Hall–Kier alpha value is -2.67. The summed E-state index contributed by atoms with van der Waals surface area (Å²) >= 11 is 12.3. The average Bonchev–Trinajstić information content (AvgIpc) is 3.32. The lowest BCUT2D eigenvalue weighted by Gasteiger charge is -2.33. The number of allylic oxidation sites excluding steroid dienone is 1. The van der Waals surface area contributed by atoms with E-state index in [1.807, 2.05) is 55.5 Å². The first kappa shape index (κ1) is 26.9. The topological polar surface area (TPSA) is 62.2 Å². The Morgan fingerprint density at radius 2 is 1.74 bits per heavy atom. The van der Waals surface area contributed by atoms with Crippen molar-refractivity contribution in [1.82, 2.24) is 9.91 Å². The zero-order valence-corrected chi connectivity index (χ0v) is 23.1. The van der Waals surface area contributed by atoms with Crippen LogP contribution in [-0.4, -0.2) is 53.7 Å². The largest absolute Gasteiger partial charge is 0.466 e. The fourth-order valence-electron chi connectivity index (χ4n) is 5.88. The molecule has 2 aromatic carbocycles. The first-order chi connectivity index (χ1) is 18.4. The second kappa shape index (κ2) is 12.0. The van der Waals surface area contributed by atoms with Gasteiger partial charge in [-0.15, -0.1) is 0 Å². The molecule has 3 aliphatic rings. The maximum Gasteiger partial charge on any atom is 0.310 e. The van der Waals surface area contributed by atoms with E-state index in [4.69, 9.17) is 33.0 Å². The smallest absolute Gasteiger partial charge is 0.310 e. The van der Waals surface area contributed by atoms with Gasteiger partial charge in [-0.25, -0.2) is 5.01 Å². The van der Waals surface area contributed by atoms with Crippen molar-refractivity contribution >= 4 is 46.9 Å². The molecular formula is C30H33Cl2N3O3. The van der Waals surface area contributed by atoms with E-state index in [2.05, 4.69) is 11.0 Å². The number of esters is 1. The molecule has 1 amide bonds. The van der Waals surface area contributed by atoms with Crippen LogP contribution < -0.4 is 0 Å². The summed E-state index contributed by atoms with van der Waals surface area (Å²) in [5.74, 6) is -0.304. The zero-order chi connectivity index (χ0) is 26.6. The van der Waals surface area contributed by atoms with Gasteiger partial charge in [0.05, 0.1) is 30.8 Å². The van der Waals surface area contributed by atoms with Crippen LogP contribution in [0.5, 0.6) is 0 Å². The predicted octanol–water partition coefficient (Wildman–Crippen LogP) is 6.39. The summed E-state index contributed by atoms with van der Waals surface area (Å²) in [5, 5.41) is 8.05. The minimum absolute atomic E-state index is 0.0535. The van der Waals surface area contributed by atoms with Crippen molar-refractivity contribution in [1.29, 1.82) is 0 Å². The van der Waals surface area contributed by atoms with Gasteiger partial charge in [0.1, 0.15) is 0 Å². The van der Waals surface area contributed by atoms with E-state index in [-0.39, 0.29) is 36.3 Å². The molecule has 8 heteroatoms. The van der Waals surface area contributed by atoms with Crippen LogP contribution in [0.4, 0.5) is 0 Å². The summed E-state index contributed by atoms with van der Waals surface area (Å²) in [5.41, 5.74) is 4.25. The van der Waals surface area contributed by atoms with Gasteiger partial charge in [-0.1, -0.05) is 47.5 Å². The van der Waals surface area contributed by atoms with E-state index in [9.17, 15) is 9.59 Å². The van der Waals surface area contributed by atoms with Crippen molar-refractivity contribution in [2.24, 2.45) is 16.9 Å². The monoisotopic (exact) mass is 553 g/mol. The van der Waals surface area contributed by atoms with Gasteiger partial charge in [0.2, 0.25) is 0 Å². The molecule has 2 aliphatic heterocycles. The zero-order valence-electron chi connectivity index (χ0n) is 21.6. The van der Waals surface area contributed by atoms with E-state index < -0.39 is 0 Å². The molecule has 0 aromatic heterocycles. The molecule has 38 heavy (non-hydrogen) atoms. The highest BCUT2D eigenvalue weighted by Crippen LogP contribution is 2.44.